The maximum atomic E-state index is 12.7. The Kier molecular flexibility index (Phi) is 4.07. The van der Waals surface area contributed by atoms with E-state index in [1.807, 2.05) is 0 Å². The molecule has 3 nitrogen and oxygen atoms in total. The van der Waals surface area contributed by atoms with Crippen molar-refractivity contribution >= 4 is 11.7 Å². The van der Waals surface area contributed by atoms with Crippen molar-refractivity contribution in [3.8, 4) is 0 Å². The number of benzene rings is 1. The topological polar surface area (TPSA) is 26.3 Å². The van der Waals surface area contributed by atoms with Crippen molar-refractivity contribution in [2.75, 3.05) is 20.6 Å². The molecule has 0 aliphatic heterocycles. The van der Waals surface area contributed by atoms with Crippen LogP contribution in [-0.2, 0) is 9.53 Å². The van der Waals surface area contributed by atoms with Gasteiger partial charge < -0.3 is 4.74 Å². The van der Waals surface area contributed by atoms with Gasteiger partial charge in [0.1, 0.15) is 11.8 Å². The third-order valence-corrected chi connectivity index (χ3v) is 7.21. The largest absolute Gasteiger partial charge is 0.458 e. The Morgan fingerprint density at radius 2 is 2.00 bits per heavy atom. The van der Waals surface area contributed by atoms with Crippen molar-refractivity contribution < 1.29 is 9.53 Å². The van der Waals surface area contributed by atoms with E-state index in [-0.39, 0.29) is 22.9 Å². The molecule has 3 heteroatoms. The number of aryl methyl sites for hydroxylation is 1. The Bertz CT molecular complexity index is 649. The van der Waals surface area contributed by atoms with Gasteiger partial charge in [-0.1, -0.05) is 32.9 Å². The average molecular weight is 330 g/mol. The molecule has 2 aliphatic carbocycles. The molecule has 132 valence electrons. The number of carbonyl (C=O) groups excluding carboxylic acids is 1. The summed E-state index contributed by atoms with van der Waals surface area (Å²) in [6, 6.07) is 8.37. The molecular formula is C21H32NO2+. The number of quaternary nitrogens is 1. The van der Waals surface area contributed by atoms with Crippen molar-refractivity contribution in [3.63, 3.8) is 0 Å². The Labute approximate surface area is 146 Å². The summed E-state index contributed by atoms with van der Waals surface area (Å²) >= 11 is 0. The molecule has 2 aliphatic rings. The van der Waals surface area contributed by atoms with Crippen molar-refractivity contribution in [1.82, 2.24) is 4.48 Å². The molecule has 1 aromatic carbocycles. The van der Waals surface area contributed by atoms with Crippen LogP contribution in [0.5, 0.6) is 0 Å². The zero-order valence-electron chi connectivity index (χ0n) is 16.1. The first-order chi connectivity index (χ1) is 11.1. The minimum Gasteiger partial charge on any atom is -0.458 e. The zero-order valence-corrected chi connectivity index (χ0v) is 16.1. The summed E-state index contributed by atoms with van der Waals surface area (Å²) in [5, 5.41) is 0. The van der Waals surface area contributed by atoms with E-state index in [4.69, 9.17) is 4.74 Å². The minimum atomic E-state index is -0.0731. The average Bonchev–Trinajstić information content (AvgIpc) is 2.80. The molecule has 0 heterocycles. The van der Waals surface area contributed by atoms with E-state index >= 15 is 0 Å². The van der Waals surface area contributed by atoms with Crippen molar-refractivity contribution in [3.05, 3.63) is 29.8 Å². The SMILES string of the molecule is Cc1cccc([N+](C)(C)CC(=O)O[C@H]2C[C@H]3CC[C@]2(C)C3(C)C)c1. The number of esters is 1. The van der Waals surface area contributed by atoms with Gasteiger partial charge in [0, 0.05) is 11.5 Å². The molecule has 0 saturated heterocycles. The molecule has 24 heavy (non-hydrogen) atoms. The normalized spacial score (nSPS) is 31.2. The summed E-state index contributed by atoms with van der Waals surface area (Å²) < 4.78 is 6.54. The van der Waals surface area contributed by atoms with Crippen molar-refractivity contribution in [2.45, 2.75) is 53.1 Å². The Morgan fingerprint density at radius 3 is 2.54 bits per heavy atom. The van der Waals surface area contributed by atoms with E-state index in [9.17, 15) is 4.79 Å². The van der Waals surface area contributed by atoms with Crippen molar-refractivity contribution in [2.24, 2.45) is 16.7 Å². The minimum absolute atomic E-state index is 0.0731. The first kappa shape index (κ1) is 17.5. The van der Waals surface area contributed by atoms with Crippen LogP contribution >= 0.6 is 0 Å². The van der Waals surface area contributed by atoms with E-state index in [0.29, 0.717) is 16.9 Å². The van der Waals surface area contributed by atoms with Crippen LogP contribution in [0.2, 0.25) is 0 Å². The second kappa shape index (κ2) is 5.59. The number of ether oxygens (including phenoxy) is 1. The van der Waals surface area contributed by atoms with Gasteiger partial charge in [0.2, 0.25) is 0 Å². The lowest BCUT2D eigenvalue weighted by atomic mass is 9.70. The first-order valence-corrected chi connectivity index (χ1v) is 9.16. The summed E-state index contributed by atoms with van der Waals surface area (Å²) in [6.45, 7) is 9.48. The van der Waals surface area contributed by atoms with Crippen LogP contribution in [0.3, 0.4) is 0 Å². The maximum Gasteiger partial charge on any atom is 0.362 e. The fourth-order valence-electron chi connectivity index (χ4n) is 4.92. The molecule has 0 N–H and O–H groups in total. The first-order valence-electron chi connectivity index (χ1n) is 9.16. The molecule has 2 bridgehead atoms. The molecule has 3 atom stereocenters. The van der Waals surface area contributed by atoms with Gasteiger partial charge in [-0.05, 0) is 49.1 Å². The Balaban J connectivity index is 1.68. The van der Waals surface area contributed by atoms with Crippen LogP contribution in [-0.4, -0.2) is 32.7 Å². The van der Waals surface area contributed by atoms with Gasteiger partial charge in [0.15, 0.2) is 6.54 Å². The lowest BCUT2D eigenvalue weighted by molar-refractivity contribution is -0.157. The molecule has 0 radical (unpaired) electrons. The lowest BCUT2D eigenvalue weighted by Gasteiger charge is -2.38. The number of fused-ring (bicyclic) bond motifs is 2. The van der Waals surface area contributed by atoms with Gasteiger partial charge in [0.25, 0.3) is 0 Å². The smallest absolute Gasteiger partial charge is 0.362 e. The predicted molar refractivity (Wildman–Crippen MR) is 98.8 cm³/mol. The highest BCUT2D eigenvalue weighted by atomic mass is 16.5. The number of carbonyl (C=O) groups is 1. The molecule has 0 unspecified atom stereocenters. The van der Waals surface area contributed by atoms with Gasteiger partial charge in [0.05, 0.1) is 14.1 Å². The van der Waals surface area contributed by atoms with Crippen LogP contribution in [0.1, 0.15) is 45.6 Å². The number of hydrogen-bond donors (Lipinski definition) is 0. The Hall–Kier alpha value is -1.35. The second-order valence-corrected chi connectivity index (χ2v) is 9.27. The summed E-state index contributed by atoms with van der Waals surface area (Å²) in [5.41, 5.74) is 2.77. The molecule has 0 amide bonds. The van der Waals surface area contributed by atoms with Gasteiger partial charge in [-0.2, -0.15) is 0 Å². The number of rotatable bonds is 4. The van der Waals surface area contributed by atoms with Gasteiger partial charge in [-0.15, -0.1) is 0 Å². The fourth-order valence-corrected chi connectivity index (χ4v) is 4.92. The summed E-state index contributed by atoms with van der Waals surface area (Å²) in [4.78, 5) is 12.7. The highest BCUT2D eigenvalue weighted by Gasteiger charge is 2.63. The second-order valence-electron chi connectivity index (χ2n) is 9.27. The van der Waals surface area contributed by atoms with E-state index in [2.05, 4.69) is 66.1 Å². The van der Waals surface area contributed by atoms with Crippen LogP contribution in [0.25, 0.3) is 0 Å². The number of likely N-dealkylation sites (N-methyl/N-ethyl adjacent to an activating group) is 1. The third kappa shape index (κ3) is 2.67. The van der Waals surface area contributed by atoms with Gasteiger partial charge >= 0.3 is 5.97 Å². The molecule has 2 saturated carbocycles. The van der Waals surface area contributed by atoms with E-state index in [1.54, 1.807) is 0 Å². The lowest BCUT2D eigenvalue weighted by Crippen LogP contribution is -2.47. The summed E-state index contributed by atoms with van der Waals surface area (Å²) in [7, 11) is 4.14. The van der Waals surface area contributed by atoms with Crippen LogP contribution in [0.15, 0.2) is 24.3 Å². The fraction of sp³-hybridized carbons (Fsp3) is 0.667. The highest BCUT2D eigenvalue weighted by molar-refractivity contribution is 5.74. The van der Waals surface area contributed by atoms with E-state index in [0.717, 1.165) is 12.1 Å². The van der Waals surface area contributed by atoms with E-state index in [1.165, 1.54) is 18.4 Å². The monoisotopic (exact) mass is 330 g/mol. The predicted octanol–water partition coefficient (Wildman–Crippen LogP) is 4.32. The van der Waals surface area contributed by atoms with Crippen LogP contribution < -0.4 is 4.48 Å². The van der Waals surface area contributed by atoms with Gasteiger partial charge in [-0.3, -0.25) is 4.48 Å². The van der Waals surface area contributed by atoms with Crippen LogP contribution in [0, 0.1) is 23.7 Å². The molecule has 2 fully saturated rings. The van der Waals surface area contributed by atoms with Gasteiger partial charge in [-0.25, -0.2) is 4.79 Å². The molecular weight excluding hydrogens is 298 g/mol. The molecule has 3 rings (SSSR count). The summed E-state index contributed by atoms with van der Waals surface area (Å²) in [5.74, 6) is 0.621. The van der Waals surface area contributed by atoms with E-state index < -0.39 is 0 Å². The quantitative estimate of drug-likeness (QED) is 0.607. The number of hydrogen-bond acceptors (Lipinski definition) is 2. The number of nitrogens with zero attached hydrogens (tertiary/aromatic N) is 1. The standard InChI is InChI=1S/C21H32NO2/c1-15-8-7-9-17(12-15)22(5,6)14-19(23)24-18-13-16-10-11-21(18,4)20(16,2)3/h7-9,12,16,18H,10-11,13-14H2,1-6H3/q+1/t16-,18+,21+/m1/s1. The summed E-state index contributed by atoms with van der Waals surface area (Å²) in [6.07, 6.45) is 3.57. The molecule has 1 aromatic rings. The zero-order chi connectivity index (χ0) is 17.8. The highest BCUT2D eigenvalue weighted by Crippen LogP contribution is 2.66. The maximum absolute atomic E-state index is 12.7. The molecule has 0 spiro atoms. The molecule has 0 aromatic heterocycles. The third-order valence-electron chi connectivity index (χ3n) is 7.21. The van der Waals surface area contributed by atoms with Crippen LogP contribution in [0.4, 0.5) is 5.69 Å². The van der Waals surface area contributed by atoms with Crippen molar-refractivity contribution in [1.29, 1.82) is 0 Å². The Morgan fingerprint density at radius 1 is 1.29 bits per heavy atom.